The number of aromatic hydroxyl groups is 1. The Labute approximate surface area is 159 Å². The predicted octanol–water partition coefficient (Wildman–Crippen LogP) is 2.82. The second-order valence-electron chi connectivity index (χ2n) is 7.34. The van der Waals surface area contributed by atoms with Crippen LogP contribution in [-0.2, 0) is 0 Å². The van der Waals surface area contributed by atoms with Gasteiger partial charge < -0.3 is 15.3 Å². The molecule has 0 spiro atoms. The van der Waals surface area contributed by atoms with E-state index in [0.29, 0.717) is 18.7 Å². The molecule has 146 valence electrons. The third-order valence-corrected chi connectivity index (χ3v) is 5.56. The Bertz CT molecular complexity index is 944. The van der Waals surface area contributed by atoms with E-state index < -0.39 is 17.8 Å². The second kappa shape index (κ2) is 6.63. The summed E-state index contributed by atoms with van der Waals surface area (Å²) in [6, 6.07) is 2.59. The summed E-state index contributed by atoms with van der Waals surface area (Å²) < 4.78 is 41.7. The maximum atomic E-state index is 13.9. The van der Waals surface area contributed by atoms with Crippen LogP contribution in [0.25, 0.3) is 11.3 Å². The van der Waals surface area contributed by atoms with Gasteiger partial charge >= 0.3 is 0 Å². The number of aromatic nitrogens is 2. The van der Waals surface area contributed by atoms with E-state index in [1.165, 1.54) is 12.4 Å². The highest BCUT2D eigenvalue weighted by atomic mass is 19.3. The number of hydrogen-bond donors (Lipinski definition) is 2. The van der Waals surface area contributed by atoms with Crippen LogP contribution < -0.4 is 10.2 Å². The van der Waals surface area contributed by atoms with E-state index in [1.54, 1.807) is 13.1 Å². The molecule has 0 aliphatic carbocycles. The lowest BCUT2D eigenvalue weighted by atomic mass is 9.98. The highest BCUT2D eigenvalue weighted by Gasteiger charge is 2.53. The molecule has 0 saturated carbocycles. The molecular weight excluding hydrogens is 371 g/mol. The highest BCUT2D eigenvalue weighted by Crippen LogP contribution is 2.40. The minimum absolute atomic E-state index is 0.0921. The number of benzene rings is 1. The SMILES string of the molecule is CN(c1cnc(-c2cc(F)c(C#N)cc2O)cn1)[C@@H]1CC2CC(F)(F)[C@@H](C1)N2. The number of hydrogen-bond acceptors (Lipinski definition) is 6. The van der Waals surface area contributed by atoms with E-state index in [4.69, 9.17) is 5.26 Å². The predicted molar refractivity (Wildman–Crippen MR) is 95.5 cm³/mol. The summed E-state index contributed by atoms with van der Waals surface area (Å²) in [7, 11) is 1.79. The van der Waals surface area contributed by atoms with Gasteiger partial charge in [-0.2, -0.15) is 5.26 Å². The molecule has 1 unspecified atom stereocenters. The molecule has 2 saturated heterocycles. The van der Waals surface area contributed by atoms with Gasteiger partial charge in [0.1, 0.15) is 23.5 Å². The standard InChI is InChI=1S/C19H18F3N5O/c1-27(12-3-11-6-19(21,22)17(4-12)26-11)18-9-24-15(8-25-18)13-5-14(20)10(7-23)2-16(13)28/h2,5,8-9,11-12,17,26,28H,3-4,6H2,1H3/t11?,12-,17-/m1/s1. The number of fused-ring (bicyclic) bond motifs is 2. The Morgan fingerprint density at radius 1 is 1.29 bits per heavy atom. The van der Waals surface area contributed by atoms with Gasteiger partial charge in [-0.15, -0.1) is 0 Å². The van der Waals surface area contributed by atoms with Gasteiger partial charge in [0.2, 0.25) is 0 Å². The minimum atomic E-state index is -2.69. The lowest BCUT2D eigenvalue weighted by Crippen LogP contribution is -2.49. The van der Waals surface area contributed by atoms with Crippen LogP contribution >= 0.6 is 0 Å². The van der Waals surface area contributed by atoms with Gasteiger partial charge in [-0.1, -0.05) is 0 Å². The van der Waals surface area contributed by atoms with E-state index in [2.05, 4.69) is 15.3 Å². The van der Waals surface area contributed by atoms with Crippen molar-refractivity contribution in [2.75, 3.05) is 11.9 Å². The normalized spacial score (nSPS) is 25.3. The summed E-state index contributed by atoms with van der Waals surface area (Å²) in [5, 5.41) is 21.8. The van der Waals surface area contributed by atoms with E-state index in [9.17, 15) is 18.3 Å². The molecule has 2 bridgehead atoms. The molecule has 2 aromatic rings. The number of alkyl halides is 2. The van der Waals surface area contributed by atoms with Crippen molar-refractivity contribution in [1.82, 2.24) is 15.3 Å². The maximum absolute atomic E-state index is 13.9. The number of nitrogens with one attached hydrogen (secondary N) is 1. The topological polar surface area (TPSA) is 85.1 Å². The number of nitriles is 1. The zero-order chi connectivity index (χ0) is 20.1. The number of anilines is 1. The lowest BCUT2D eigenvalue weighted by Gasteiger charge is -2.36. The molecular formula is C19H18F3N5O. The maximum Gasteiger partial charge on any atom is 0.264 e. The van der Waals surface area contributed by atoms with Crippen molar-refractivity contribution >= 4 is 5.82 Å². The molecule has 2 aliphatic rings. The van der Waals surface area contributed by atoms with Gasteiger partial charge in [-0.3, -0.25) is 4.98 Å². The van der Waals surface area contributed by atoms with Crippen molar-refractivity contribution in [1.29, 1.82) is 5.26 Å². The first-order chi connectivity index (χ1) is 13.3. The van der Waals surface area contributed by atoms with E-state index in [1.807, 2.05) is 4.90 Å². The van der Waals surface area contributed by atoms with Crippen LogP contribution in [0.5, 0.6) is 5.75 Å². The number of phenolic OH excluding ortho intramolecular Hbond substituents is 1. The highest BCUT2D eigenvalue weighted by molar-refractivity contribution is 5.68. The lowest BCUT2D eigenvalue weighted by molar-refractivity contribution is -0.0128. The van der Waals surface area contributed by atoms with Gasteiger partial charge in [0, 0.05) is 37.2 Å². The molecule has 2 N–H and O–H groups in total. The average molecular weight is 389 g/mol. The van der Waals surface area contributed by atoms with E-state index in [0.717, 1.165) is 12.1 Å². The van der Waals surface area contributed by atoms with Crippen LogP contribution in [-0.4, -0.2) is 46.2 Å². The summed E-state index contributed by atoms with van der Waals surface area (Å²) >= 11 is 0. The van der Waals surface area contributed by atoms with Crippen LogP contribution in [0.3, 0.4) is 0 Å². The smallest absolute Gasteiger partial charge is 0.264 e. The number of rotatable bonds is 3. The molecule has 9 heteroatoms. The van der Waals surface area contributed by atoms with Gasteiger partial charge in [0.25, 0.3) is 5.92 Å². The third kappa shape index (κ3) is 3.14. The van der Waals surface area contributed by atoms with Crippen molar-refractivity contribution in [2.24, 2.45) is 0 Å². The summed E-state index contributed by atoms with van der Waals surface area (Å²) in [5.74, 6) is -3.21. The van der Waals surface area contributed by atoms with Crippen molar-refractivity contribution in [3.05, 3.63) is 35.9 Å². The molecule has 3 atom stereocenters. The van der Waals surface area contributed by atoms with Crippen molar-refractivity contribution < 1.29 is 18.3 Å². The van der Waals surface area contributed by atoms with Crippen LogP contribution in [0.1, 0.15) is 24.8 Å². The van der Waals surface area contributed by atoms with Gasteiger partial charge in [0.05, 0.1) is 29.7 Å². The zero-order valence-corrected chi connectivity index (χ0v) is 15.0. The van der Waals surface area contributed by atoms with Gasteiger partial charge in [-0.25, -0.2) is 18.2 Å². The fourth-order valence-electron chi connectivity index (χ4n) is 4.02. The Balaban J connectivity index is 1.54. The van der Waals surface area contributed by atoms with Crippen molar-refractivity contribution in [3.8, 4) is 23.1 Å². The molecule has 28 heavy (non-hydrogen) atoms. The molecule has 1 aromatic heterocycles. The van der Waals surface area contributed by atoms with Crippen LogP contribution in [0, 0.1) is 17.1 Å². The van der Waals surface area contributed by atoms with Crippen molar-refractivity contribution in [3.63, 3.8) is 0 Å². The van der Waals surface area contributed by atoms with Gasteiger partial charge in [-0.05, 0) is 18.9 Å². The number of piperidine rings is 1. The quantitative estimate of drug-likeness (QED) is 0.840. The monoisotopic (exact) mass is 389 g/mol. The summed E-state index contributed by atoms with van der Waals surface area (Å²) in [6.07, 6.45) is 3.61. The van der Waals surface area contributed by atoms with Crippen LogP contribution in [0.2, 0.25) is 0 Å². The fourth-order valence-corrected chi connectivity index (χ4v) is 4.02. The fraction of sp³-hybridized carbons (Fsp3) is 0.421. The molecule has 1 aromatic carbocycles. The molecule has 3 heterocycles. The first-order valence-corrected chi connectivity index (χ1v) is 8.90. The van der Waals surface area contributed by atoms with E-state index in [-0.39, 0.29) is 41.1 Å². The number of phenols is 1. The summed E-state index contributed by atoms with van der Waals surface area (Å²) in [6.45, 7) is 0. The van der Waals surface area contributed by atoms with E-state index >= 15 is 0 Å². The zero-order valence-electron chi connectivity index (χ0n) is 15.0. The molecule has 2 fully saturated rings. The summed E-state index contributed by atoms with van der Waals surface area (Å²) in [4.78, 5) is 10.4. The molecule has 2 aliphatic heterocycles. The van der Waals surface area contributed by atoms with Crippen LogP contribution in [0.15, 0.2) is 24.5 Å². The van der Waals surface area contributed by atoms with Crippen molar-refractivity contribution in [2.45, 2.75) is 43.3 Å². The minimum Gasteiger partial charge on any atom is -0.507 e. The molecule has 0 amide bonds. The Hall–Kier alpha value is -2.86. The Kier molecular flexibility index (Phi) is 4.38. The Morgan fingerprint density at radius 3 is 2.71 bits per heavy atom. The largest absolute Gasteiger partial charge is 0.507 e. The molecule has 0 radical (unpaired) electrons. The Morgan fingerprint density at radius 2 is 2.07 bits per heavy atom. The van der Waals surface area contributed by atoms with Gasteiger partial charge in [0.15, 0.2) is 0 Å². The first-order valence-electron chi connectivity index (χ1n) is 8.90. The third-order valence-electron chi connectivity index (χ3n) is 5.56. The number of halogens is 3. The number of nitrogens with zero attached hydrogens (tertiary/aromatic N) is 4. The molecule has 6 nitrogen and oxygen atoms in total. The second-order valence-corrected chi connectivity index (χ2v) is 7.34. The average Bonchev–Trinajstić information content (AvgIpc) is 2.89. The molecule has 4 rings (SSSR count). The van der Waals surface area contributed by atoms with Crippen LogP contribution in [0.4, 0.5) is 19.0 Å². The summed E-state index contributed by atoms with van der Waals surface area (Å²) in [5.41, 5.74) is 0.107. The first kappa shape index (κ1) is 18.5.